The summed E-state index contributed by atoms with van der Waals surface area (Å²) in [5.74, 6) is 0. The molecule has 0 aromatic heterocycles. The average molecular weight is 198 g/mol. The summed E-state index contributed by atoms with van der Waals surface area (Å²) in [6.07, 6.45) is 4.16. The minimum absolute atomic E-state index is 0.0156. The van der Waals surface area contributed by atoms with Crippen molar-refractivity contribution in [1.29, 1.82) is 0 Å². The van der Waals surface area contributed by atoms with Crippen LogP contribution >= 0.6 is 0 Å². The van der Waals surface area contributed by atoms with Crippen LogP contribution in [-0.2, 0) is 4.79 Å². The fraction of sp³-hybridized carbons (Fsp3) is 0.800. The smallest absolute Gasteiger partial charge is 0.320 e. The van der Waals surface area contributed by atoms with Crippen molar-refractivity contribution in [3.63, 3.8) is 0 Å². The molecule has 0 spiro atoms. The van der Waals surface area contributed by atoms with E-state index in [4.69, 9.17) is 0 Å². The maximum absolute atomic E-state index is 11.6. The Kier molecular flexibility index (Phi) is 3.92. The van der Waals surface area contributed by atoms with E-state index in [1.165, 1.54) is 4.90 Å². The Balaban J connectivity index is 2.40. The van der Waals surface area contributed by atoms with Gasteiger partial charge in [0.2, 0.25) is 0 Å². The van der Waals surface area contributed by atoms with Gasteiger partial charge in [-0.15, -0.1) is 0 Å². The first-order valence-corrected chi connectivity index (χ1v) is 5.17. The summed E-state index contributed by atoms with van der Waals surface area (Å²) in [5.41, 5.74) is 0. The first-order chi connectivity index (χ1) is 6.70. The van der Waals surface area contributed by atoms with E-state index in [1.807, 2.05) is 0 Å². The van der Waals surface area contributed by atoms with Crippen LogP contribution in [0.1, 0.15) is 26.2 Å². The van der Waals surface area contributed by atoms with Crippen LogP contribution in [0.15, 0.2) is 0 Å². The Morgan fingerprint density at radius 3 is 2.71 bits per heavy atom. The predicted molar refractivity (Wildman–Crippen MR) is 54.1 cm³/mol. The first-order valence-electron chi connectivity index (χ1n) is 5.17. The van der Waals surface area contributed by atoms with Crippen LogP contribution in [0.25, 0.3) is 0 Å². The summed E-state index contributed by atoms with van der Waals surface area (Å²) >= 11 is 0. The Morgan fingerprint density at radius 2 is 2.21 bits per heavy atom. The Bertz CT molecular complexity index is 218. The maximum Gasteiger partial charge on any atom is 0.320 e. The molecule has 4 heteroatoms. The number of aldehydes is 1. The fourth-order valence-corrected chi connectivity index (χ4v) is 1.67. The molecule has 0 radical (unpaired) electrons. The van der Waals surface area contributed by atoms with E-state index in [-0.39, 0.29) is 12.1 Å². The van der Waals surface area contributed by atoms with Crippen LogP contribution < -0.4 is 0 Å². The van der Waals surface area contributed by atoms with Crippen molar-refractivity contribution < 1.29 is 9.59 Å². The summed E-state index contributed by atoms with van der Waals surface area (Å²) in [7, 11) is 1.68. The largest absolute Gasteiger partial charge is 0.322 e. The lowest BCUT2D eigenvalue weighted by Gasteiger charge is -2.15. The summed E-state index contributed by atoms with van der Waals surface area (Å²) < 4.78 is 0. The number of hydrogen-bond acceptors (Lipinski definition) is 2. The number of unbranched alkanes of at least 4 members (excludes halogenated alkanes) is 2. The first kappa shape index (κ1) is 11.0. The molecule has 0 aromatic rings. The van der Waals surface area contributed by atoms with Gasteiger partial charge in [-0.1, -0.05) is 19.8 Å². The number of likely N-dealkylation sites (N-methyl/N-ethyl adjacent to an activating group) is 1. The predicted octanol–water partition coefficient (Wildman–Crippen LogP) is 1.11. The summed E-state index contributed by atoms with van der Waals surface area (Å²) in [6.45, 7) is 3.47. The normalized spacial score (nSPS) is 21.9. The standard InChI is InChI=1S/C10H18N2O2/c1-3-4-5-6-12-7-9(8-13)11(2)10(12)14/h8-9H,3-7H2,1-2H3/t9-/m0/s1. The third-order valence-electron chi connectivity index (χ3n) is 2.67. The monoisotopic (exact) mass is 198 g/mol. The second-order valence-electron chi connectivity index (χ2n) is 3.75. The molecule has 0 N–H and O–H groups in total. The third-order valence-corrected chi connectivity index (χ3v) is 2.67. The van der Waals surface area contributed by atoms with Crippen LogP contribution in [0.5, 0.6) is 0 Å². The molecule has 1 aliphatic rings. The molecule has 0 aromatic carbocycles. The van der Waals surface area contributed by atoms with Crippen molar-refractivity contribution in [3.8, 4) is 0 Å². The van der Waals surface area contributed by atoms with Crippen molar-refractivity contribution in [2.45, 2.75) is 32.2 Å². The molecule has 0 saturated carbocycles. The van der Waals surface area contributed by atoms with Gasteiger partial charge in [0.1, 0.15) is 12.3 Å². The summed E-state index contributed by atoms with van der Waals surface area (Å²) in [6, 6.07) is -0.262. The molecule has 1 atom stereocenters. The zero-order valence-corrected chi connectivity index (χ0v) is 8.90. The van der Waals surface area contributed by atoms with Gasteiger partial charge in [0, 0.05) is 20.1 Å². The molecule has 80 valence electrons. The van der Waals surface area contributed by atoms with Crippen LogP contribution in [0.4, 0.5) is 4.79 Å². The highest BCUT2D eigenvalue weighted by atomic mass is 16.2. The number of rotatable bonds is 5. The molecule has 1 rings (SSSR count). The Labute approximate surface area is 84.9 Å². The van der Waals surface area contributed by atoms with E-state index in [9.17, 15) is 9.59 Å². The summed E-state index contributed by atoms with van der Waals surface area (Å²) in [5, 5.41) is 0. The van der Waals surface area contributed by atoms with Gasteiger partial charge in [-0.05, 0) is 6.42 Å². The topological polar surface area (TPSA) is 40.6 Å². The minimum Gasteiger partial charge on any atom is -0.322 e. The molecule has 1 aliphatic heterocycles. The molecule has 14 heavy (non-hydrogen) atoms. The van der Waals surface area contributed by atoms with Gasteiger partial charge in [-0.25, -0.2) is 4.79 Å². The van der Waals surface area contributed by atoms with E-state index >= 15 is 0 Å². The minimum atomic E-state index is -0.246. The molecule has 1 fully saturated rings. The van der Waals surface area contributed by atoms with Gasteiger partial charge in [-0.3, -0.25) is 0 Å². The van der Waals surface area contributed by atoms with Gasteiger partial charge in [0.05, 0.1) is 0 Å². The molecule has 0 aliphatic carbocycles. The van der Waals surface area contributed by atoms with E-state index in [1.54, 1.807) is 11.9 Å². The highest BCUT2D eigenvalue weighted by Crippen LogP contribution is 2.13. The van der Waals surface area contributed by atoms with Crippen LogP contribution in [0.3, 0.4) is 0 Å². The third kappa shape index (κ3) is 2.25. The molecular weight excluding hydrogens is 180 g/mol. The van der Waals surface area contributed by atoms with E-state index in [0.717, 1.165) is 32.1 Å². The number of nitrogens with zero attached hydrogens (tertiary/aromatic N) is 2. The van der Waals surface area contributed by atoms with Crippen LogP contribution in [-0.4, -0.2) is 48.3 Å². The molecule has 0 unspecified atom stereocenters. The van der Waals surface area contributed by atoms with Crippen molar-refractivity contribution in [2.24, 2.45) is 0 Å². The van der Waals surface area contributed by atoms with Gasteiger partial charge < -0.3 is 14.6 Å². The van der Waals surface area contributed by atoms with Gasteiger partial charge in [-0.2, -0.15) is 0 Å². The SMILES string of the molecule is CCCCCN1C[C@@H](C=O)N(C)C1=O. The van der Waals surface area contributed by atoms with Crippen LogP contribution in [0.2, 0.25) is 0 Å². The molecule has 0 bridgehead atoms. The van der Waals surface area contributed by atoms with Crippen LogP contribution in [0, 0.1) is 0 Å². The zero-order chi connectivity index (χ0) is 10.6. The number of amides is 2. The van der Waals surface area contributed by atoms with Crippen molar-refractivity contribution in [3.05, 3.63) is 0 Å². The highest BCUT2D eigenvalue weighted by Gasteiger charge is 2.33. The molecular formula is C10H18N2O2. The molecule has 2 amide bonds. The van der Waals surface area contributed by atoms with Gasteiger partial charge >= 0.3 is 6.03 Å². The lowest BCUT2D eigenvalue weighted by molar-refractivity contribution is -0.110. The second kappa shape index (κ2) is 4.98. The van der Waals surface area contributed by atoms with E-state index in [2.05, 4.69) is 6.92 Å². The van der Waals surface area contributed by atoms with Crippen molar-refractivity contribution in [1.82, 2.24) is 9.80 Å². The number of urea groups is 1. The Morgan fingerprint density at radius 1 is 1.50 bits per heavy atom. The average Bonchev–Trinajstić information content (AvgIpc) is 2.46. The molecule has 4 nitrogen and oxygen atoms in total. The molecule has 1 heterocycles. The van der Waals surface area contributed by atoms with Gasteiger partial charge in [0.15, 0.2) is 0 Å². The zero-order valence-electron chi connectivity index (χ0n) is 8.90. The maximum atomic E-state index is 11.6. The van der Waals surface area contributed by atoms with Crippen molar-refractivity contribution >= 4 is 12.3 Å². The fourth-order valence-electron chi connectivity index (χ4n) is 1.67. The second-order valence-corrected chi connectivity index (χ2v) is 3.75. The van der Waals surface area contributed by atoms with Crippen molar-refractivity contribution in [2.75, 3.05) is 20.1 Å². The van der Waals surface area contributed by atoms with Gasteiger partial charge in [0.25, 0.3) is 0 Å². The number of carbonyl (C=O) groups excluding carboxylic acids is 2. The summed E-state index contributed by atoms with van der Waals surface area (Å²) in [4.78, 5) is 25.5. The lowest BCUT2D eigenvalue weighted by Crippen LogP contribution is -2.32. The highest BCUT2D eigenvalue weighted by molar-refractivity contribution is 5.81. The quantitative estimate of drug-likeness (QED) is 0.490. The van der Waals surface area contributed by atoms with E-state index < -0.39 is 0 Å². The lowest BCUT2D eigenvalue weighted by atomic mass is 10.2. The number of carbonyl (C=O) groups is 2. The van der Waals surface area contributed by atoms with E-state index in [0.29, 0.717) is 6.54 Å². The molecule has 1 saturated heterocycles. The Hall–Kier alpha value is -1.06. The number of hydrogen-bond donors (Lipinski definition) is 0.